The zero-order valence-corrected chi connectivity index (χ0v) is 13.4. The Balaban J connectivity index is 1.90. The van der Waals surface area contributed by atoms with Gasteiger partial charge in [0.1, 0.15) is 23.8 Å². The fraction of sp³-hybridized carbons (Fsp3) is 0.500. The van der Waals surface area contributed by atoms with E-state index in [0.717, 1.165) is 0 Å². The molecule has 6 N–H and O–H groups in total. The van der Waals surface area contributed by atoms with Gasteiger partial charge in [-0.3, -0.25) is 8.75 Å². The van der Waals surface area contributed by atoms with Crippen molar-refractivity contribution in [1.82, 2.24) is 19.5 Å². The van der Waals surface area contributed by atoms with E-state index in [1.54, 1.807) is 0 Å². The molecule has 0 radical (unpaired) electrons. The lowest BCUT2D eigenvalue weighted by Crippen LogP contribution is -2.35. The number of hydrogen-bond donors (Lipinski definition) is 4. The first-order valence-electron chi connectivity index (χ1n) is 6.51. The lowest BCUT2D eigenvalue weighted by molar-refractivity contribution is -0.0467. The molecule has 3 rings (SSSR count). The summed E-state index contributed by atoms with van der Waals surface area (Å²) in [6, 6.07) is 0. The van der Waals surface area contributed by atoms with Crippen molar-refractivity contribution < 1.29 is 27.6 Å². The van der Waals surface area contributed by atoms with Crippen LogP contribution in [-0.4, -0.2) is 63.1 Å². The topological polar surface area (TPSA) is 189 Å². The van der Waals surface area contributed by atoms with E-state index in [1.807, 2.05) is 0 Å². The third kappa shape index (κ3) is 3.14. The minimum Gasteiger partial charge on any atom is -0.387 e. The van der Waals surface area contributed by atoms with Crippen LogP contribution in [0.25, 0.3) is 11.2 Å². The molecule has 0 aliphatic carbocycles. The van der Waals surface area contributed by atoms with Crippen molar-refractivity contribution in [1.29, 1.82) is 0 Å². The smallest absolute Gasteiger partial charge is 0.333 e. The van der Waals surface area contributed by atoms with Gasteiger partial charge in [-0.05, 0) is 11.6 Å². The fourth-order valence-corrected chi connectivity index (χ4v) is 2.85. The molecule has 1 fully saturated rings. The van der Waals surface area contributed by atoms with Gasteiger partial charge in [0.25, 0.3) is 0 Å². The Morgan fingerprint density at radius 1 is 1.38 bits per heavy atom. The highest BCUT2D eigenvalue weighted by atomic mass is 35.5. The summed E-state index contributed by atoms with van der Waals surface area (Å²) in [4.78, 5) is 11.7. The number of ether oxygens (including phenoxy) is 1. The minimum absolute atomic E-state index is 0.0332. The number of fused-ring (bicyclic) bond motifs is 1. The molecule has 0 spiro atoms. The summed E-state index contributed by atoms with van der Waals surface area (Å²) in [6.45, 7) is -0.571. The highest BCUT2D eigenvalue weighted by molar-refractivity contribution is 7.84. The van der Waals surface area contributed by atoms with Gasteiger partial charge in [-0.2, -0.15) is 18.4 Å². The minimum atomic E-state index is -4.22. The fourth-order valence-electron chi connectivity index (χ4n) is 2.36. The Hall–Kier alpha value is -1.61. The van der Waals surface area contributed by atoms with Crippen LogP contribution in [0, 0.1) is 0 Å². The summed E-state index contributed by atoms with van der Waals surface area (Å²) in [5, 5.41) is 24.7. The van der Waals surface area contributed by atoms with E-state index in [1.165, 1.54) is 10.9 Å². The van der Waals surface area contributed by atoms with Crippen LogP contribution >= 0.6 is 11.6 Å². The summed E-state index contributed by atoms with van der Waals surface area (Å²) in [5.74, 6) is 0.0332. The molecule has 3 heterocycles. The zero-order chi connectivity index (χ0) is 17.6. The van der Waals surface area contributed by atoms with E-state index in [-0.39, 0.29) is 22.3 Å². The molecule has 2 aromatic heterocycles. The molecule has 0 bridgehead atoms. The monoisotopic (exact) mass is 380 g/mol. The number of nitrogens with zero attached hydrogens (tertiary/aromatic N) is 4. The van der Waals surface area contributed by atoms with Crippen molar-refractivity contribution >= 4 is 38.9 Å². The first-order valence-corrected chi connectivity index (χ1v) is 8.36. The third-order valence-electron chi connectivity index (χ3n) is 3.43. The Labute approximate surface area is 140 Å². The van der Waals surface area contributed by atoms with Crippen LogP contribution < -0.4 is 10.9 Å². The highest BCUT2D eigenvalue weighted by Crippen LogP contribution is 2.32. The normalized spacial score (nSPS) is 27.8. The zero-order valence-electron chi connectivity index (χ0n) is 11.9. The number of aliphatic hydroxyl groups excluding tert-OH is 2. The summed E-state index contributed by atoms with van der Waals surface area (Å²) in [7, 11) is -4.22. The number of anilines is 1. The number of hydrogen-bond acceptors (Lipinski definition) is 10. The summed E-state index contributed by atoms with van der Waals surface area (Å²) in [6.07, 6.45) is -3.83. The first kappa shape index (κ1) is 17.2. The molecule has 12 nitrogen and oxygen atoms in total. The average molecular weight is 381 g/mol. The van der Waals surface area contributed by atoms with Crippen LogP contribution in [-0.2, 0) is 19.2 Å². The largest absolute Gasteiger partial charge is 0.387 e. The number of nitrogens with two attached hydrogens (primary N) is 2. The molecule has 0 unspecified atom stereocenters. The molecule has 1 aliphatic heterocycles. The third-order valence-corrected chi connectivity index (χ3v) is 4.06. The van der Waals surface area contributed by atoms with E-state index < -0.39 is 41.5 Å². The van der Waals surface area contributed by atoms with Crippen molar-refractivity contribution in [2.24, 2.45) is 5.14 Å². The second-order valence-electron chi connectivity index (χ2n) is 5.03. The second kappa shape index (κ2) is 6.03. The standard InChI is InChI=1S/C10H13ClN6O6S/c11-10-15-7(12)4-8(16-10)17(2-14-4)9-6(19)5(18)3(23-9)1-22-24(13,20)21/h2-3,5-6,9,18-19H,1H2,(H2,12,15,16)(H2,13,20,21)/t3-,5-,6-,9+/m1/s1. The predicted octanol–water partition coefficient (Wildman–Crippen LogP) is -2.10. The number of imidazole rings is 1. The van der Waals surface area contributed by atoms with E-state index in [4.69, 9.17) is 27.2 Å². The van der Waals surface area contributed by atoms with E-state index in [9.17, 15) is 18.6 Å². The second-order valence-corrected chi connectivity index (χ2v) is 6.58. The van der Waals surface area contributed by atoms with Gasteiger partial charge in [0.15, 0.2) is 17.7 Å². The van der Waals surface area contributed by atoms with Gasteiger partial charge in [0.2, 0.25) is 5.28 Å². The first-order chi connectivity index (χ1) is 11.2. The molecular formula is C10H13ClN6O6S. The van der Waals surface area contributed by atoms with E-state index in [0.29, 0.717) is 0 Å². The van der Waals surface area contributed by atoms with Crippen LogP contribution in [0.3, 0.4) is 0 Å². The Kier molecular flexibility index (Phi) is 4.33. The van der Waals surface area contributed by atoms with E-state index in [2.05, 4.69) is 19.1 Å². The van der Waals surface area contributed by atoms with Gasteiger partial charge < -0.3 is 20.7 Å². The molecular weight excluding hydrogens is 368 g/mol. The quantitative estimate of drug-likeness (QED) is 0.427. The highest BCUT2D eigenvalue weighted by Gasteiger charge is 2.45. The Bertz CT molecular complexity index is 874. The van der Waals surface area contributed by atoms with Gasteiger partial charge in [-0.25, -0.2) is 10.1 Å². The van der Waals surface area contributed by atoms with Crippen molar-refractivity contribution in [3.63, 3.8) is 0 Å². The molecule has 2 aromatic rings. The number of nitrogen functional groups attached to an aromatic ring is 1. The maximum Gasteiger partial charge on any atom is 0.333 e. The maximum absolute atomic E-state index is 10.8. The van der Waals surface area contributed by atoms with Crippen molar-refractivity contribution in [3.8, 4) is 0 Å². The number of halogens is 1. The van der Waals surface area contributed by atoms with Crippen molar-refractivity contribution in [2.45, 2.75) is 24.5 Å². The van der Waals surface area contributed by atoms with Crippen LogP contribution in [0.1, 0.15) is 6.23 Å². The molecule has 0 aromatic carbocycles. The average Bonchev–Trinajstić information content (AvgIpc) is 3.00. The van der Waals surface area contributed by atoms with Gasteiger partial charge in [0, 0.05) is 0 Å². The molecule has 4 atom stereocenters. The molecule has 24 heavy (non-hydrogen) atoms. The lowest BCUT2D eigenvalue weighted by Gasteiger charge is -2.16. The van der Waals surface area contributed by atoms with Crippen molar-refractivity contribution in [2.75, 3.05) is 12.3 Å². The predicted molar refractivity (Wildman–Crippen MR) is 79.7 cm³/mol. The summed E-state index contributed by atoms with van der Waals surface area (Å²) in [5.41, 5.74) is 6.10. The molecule has 1 aliphatic rings. The Morgan fingerprint density at radius 2 is 2.08 bits per heavy atom. The number of rotatable bonds is 4. The van der Waals surface area contributed by atoms with Gasteiger partial charge in [-0.1, -0.05) is 0 Å². The molecule has 0 saturated carbocycles. The van der Waals surface area contributed by atoms with Crippen molar-refractivity contribution in [3.05, 3.63) is 11.6 Å². The maximum atomic E-state index is 10.8. The van der Waals surface area contributed by atoms with Gasteiger partial charge in [-0.15, -0.1) is 0 Å². The van der Waals surface area contributed by atoms with Crippen LogP contribution in [0.5, 0.6) is 0 Å². The molecule has 0 amide bonds. The van der Waals surface area contributed by atoms with E-state index >= 15 is 0 Å². The van der Waals surface area contributed by atoms with Crippen LogP contribution in [0.15, 0.2) is 6.33 Å². The Morgan fingerprint density at radius 3 is 2.75 bits per heavy atom. The molecule has 1 saturated heterocycles. The SMILES string of the molecule is Nc1nc(Cl)nc2c1ncn2[C@H]1O[C@H](COS(N)(=O)=O)[C@@H](O)[C@H]1O. The van der Waals surface area contributed by atoms with Gasteiger partial charge >= 0.3 is 10.3 Å². The number of aromatic nitrogens is 4. The summed E-state index contributed by atoms with van der Waals surface area (Å²) < 4.78 is 32.8. The lowest BCUT2D eigenvalue weighted by atomic mass is 10.1. The van der Waals surface area contributed by atoms with Crippen LogP contribution in [0.4, 0.5) is 5.82 Å². The summed E-state index contributed by atoms with van der Waals surface area (Å²) >= 11 is 5.76. The molecule has 14 heteroatoms. The number of aliphatic hydroxyl groups is 2. The van der Waals surface area contributed by atoms with Gasteiger partial charge in [0.05, 0.1) is 12.9 Å². The van der Waals surface area contributed by atoms with Crippen LogP contribution in [0.2, 0.25) is 5.28 Å². The molecule has 132 valence electrons.